The lowest BCUT2D eigenvalue weighted by atomic mass is 9.32. The number of rotatable bonds is 3. The highest BCUT2D eigenvalue weighted by Crippen LogP contribution is 2.60. The van der Waals surface area contributed by atoms with E-state index in [2.05, 4.69) is 300 Å². The molecule has 16 rings (SSSR count). The number of hydrogen-bond donors (Lipinski definition) is 0. The van der Waals surface area contributed by atoms with E-state index in [1.54, 1.807) is 0 Å². The summed E-state index contributed by atoms with van der Waals surface area (Å²) in [5.74, 6) is 0. The van der Waals surface area contributed by atoms with E-state index >= 15 is 0 Å². The first kappa shape index (κ1) is 57.8. The Kier molecular flexibility index (Phi) is 11.6. The summed E-state index contributed by atoms with van der Waals surface area (Å²) in [5, 5.41) is 0. The maximum Gasteiger partial charge on any atom is 0.252 e. The molecular weight excluding hydrogens is 1080 g/mol. The molecule has 0 bridgehead atoms. The van der Waals surface area contributed by atoms with E-state index < -0.39 is 0 Å². The number of fused-ring (bicyclic) bond motifs is 13. The van der Waals surface area contributed by atoms with Gasteiger partial charge >= 0.3 is 0 Å². The van der Waals surface area contributed by atoms with Crippen LogP contribution in [0, 0.1) is 13.8 Å². The largest absolute Gasteiger partial charge is 0.311 e. The van der Waals surface area contributed by atoms with Crippen LogP contribution in [0.5, 0.6) is 0 Å². The van der Waals surface area contributed by atoms with Crippen LogP contribution >= 0.6 is 0 Å². The van der Waals surface area contributed by atoms with Crippen LogP contribution in [-0.4, -0.2) is 6.71 Å². The highest BCUT2D eigenvalue weighted by Gasteiger charge is 2.52. The molecule has 9 aromatic rings. The van der Waals surface area contributed by atoms with Gasteiger partial charge in [0.2, 0.25) is 0 Å². The molecule has 0 aromatic heterocycles. The quantitative estimate of drug-likeness (QED) is 0.163. The van der Waals surface area contributed by atoms with Gasteiger partial charge in [-0.15, -0.1) is 0 Å². The molecule has 2 aliphatic heterocycles. The number of anilines is 6. The Morgan fingerprint density at radius 3 is 1.23 bits per heavy atom. The number of benzene rings is 9. The molecule has 0 spiro atoms. The van der Waals surface area contributed by atoms with E-state index in [0.717, 1.165) is 6.42 Å². The van der Waals surface area contributed by atoms with Crippen LogP contribution < -0.4 is 26.2 Å². The SMILES string of the molecule is Cc1ccccc1-c1cc2c3c(c1)N(c1cc4c(cc1C)C(C)(C)CCC4(C)C)c1cc4c(cc1B3c1cc3c(cc1N2c1ccc2c(c1)C(C)(C)c1ccccc1C2(C)C)C(C)(C)c1ccccc1C3(C)C)-c1cc2c(cc1C4(C)C)C(C)(C)CCC2(C)C. The predicted molar refractivity (Wildman–Crippen MR) is 385 cm³/mol. The molecule has 2 heterocycles. The number of aryl methyl sites for hydroxylation is 2. The molecule has 90 heavy (non-hydrogen) atoms. The minimum Gasteiger partial charge on any atom is -0.311 e. The highest BCUT2D eigenvalue weighted by molar-refractivity contribution is 7.00. The minimum atomic E-state index is -0.270. The molecule has 0 atom stereocenters. The molecule has 0 radical (unpaired) electrons. The lowest BCUT2D eigenvalue weighted by Crippen LogP contribution is -2.62. The highest BCUT2D eigenvalue weighted by atomic mass is 15.2. The Bertz CT molecular complexity index is 4680. The molecule has 0 saturated heterocycles. The first-order valence-electron chi connectivity index (χ1n) is 34.1. The Labute approximate surface area is 539 Å². The molecule has 454 valence electrons. The average Bonchev–Trinajstić information content (AvgIpc) is 0.928. The van der Waals surface area contributed by atoms with E-state index in [4.69, 9.17) is 0 Å². The lowest BCUT2D eigenvalue weighted by molar-refractivity contribution is 0.331. The second-order valence-corrected chi connectivity index (χ2v) is 34.4. The molecule has 0 amide bonds. The predicted octanol–water partition coefficient (Wildman–Crippen LogP) is 21.0. The van der Waals surface area contributed by atoms with Crippen molar-refractivity contribution in [3.63, 3.8) is 0 Å². The van der Waals surface area contributed by atoms with Gasteiger partial charge in [-0.2, -0.15) is 0 Å². The van der Waals surface area contributed by atoms with E-state index in [0.29, 0.717) is 0 Å². The van der Waals surface area contributed by atoms with Crippen LogP contribution in [0.15, 0.2) is 152 Å². The fourth-order valence-electron chi connectivity index (χ4n) is 19.4. The van der Waals surface area contributed by atoms with Crippen molar-refractivity contribution in [1.29, 1.82) is 0 Å². The maximum absolute atomic E-state index is 2.80. The maximum atomic E-state index is 2.80. The average molecular weight is 1180 g/mol. The van der Waals surface area contributed by atoms with Gasteiger partial charge < -0.3 is 9.80 Å². The second kappa shape index (κ2) is 18.0. The summed E-state index contributed by atoms with van der Waals surface area (Å²) in [6.07, 6.45) is 4.70. The van der Waals surface area contributed by atoms with E-state index in [1.807, 2.05) is 0 Å². The Balaban J connectivity index is 1.07. The van der Waals surface area contributed by atoms with Crippen LogP contribution in [0.3, 0.4) is 0 Å². The smallest absolute Gasteiger partial charge is 0.252 e. The van der Waals surface area contributed by atoms with Crippen molar-refractivity contribution >= 4 is 57.2 Å². The first-order chi connectivity index (χ1) is 42.2. The molecule has 0 saturated carbocycles. The monoisotopic (exact) mass is 1180 g/mol. The summed E-state index contributed by atoms with van der Waals surface area (Å²) < 4.78 is 0. The minimum absolute atomic E-state index is 0.00243. The van der Waals surface area contributed by atoms with Gasteiger partial charge in [-0.3, -0.25) is 0 Å². The van der Waals surface area contributed by atoms with Gasteiger partial charge in [-0.25, -0.2) is 0 Å². The zero-order valence-electron chi connectivity index (χ0n) is 57.7. The topological polar surface area (TPSA) is 6.48 Å². The van der Waals surface area contributed by atoms with Crippen LogP contribution in [0.4, 0.5) is 34.1 Å². The van der Waals surface area contributed by atoms with Gasteiger partial charge in [-0.05, 0) is 237 Å². The third-order valence-corrected chi connectivity index (χ3v) is 25.3. The van der Waals surface area contributed by atoms with Crippen molar-refractivity contribution in [3.05, 3.63) is 241 Å². The Morgan fingerprint density at radius 2 is 0.667 bits per heavy atom. The van der Waals surface area contributed by atoms with Crippen molar-refractivity contribution in [2.24, 2.45) is 0 Å². The van der Waals surface area contributed by atoms with Crippen molar-refractivity contribution in [2.45, 2.75) is 213 Å². The second-order valence-electron chi connectivity index (χ2n) is 34.4. The van der Waals surface area contributed by atoms with E-state index in [1.165, 1.54) is 181 Å². The standard InChI is InChI=1S/C87H93BN2/c1-50-27-21-22-28-54(50)52-40-76-78-77(41-52)90(73-48-67-64(39-51(73)2)79(3,4)35-38-82(67,9)10)75-47-63-56(55-43-65-66(45-62(55)87(63,19)20)81(7,8)37-36-80(65,5)6)44-71(75)88(78)72-46-69-70(86(17,18)60-32-26-25-31-59(60)85(69,15)16)49-74(72)89(76)53-33-34-61-68(42-53)84(13,14)58-30-24-23-29-57(58)83(61,11)12/h21-34,39-49H,35-38H2,1-20H3. The summed E-state index contributed by atoms with van der Waals surface area (Å²) in [5.41, 5.74) is 39.0. The van der Waals surface area contributed by atoms with Gasteiger partial charge in [0.05, 0.1) is 0 Å². The van der Waals surface area contributed by atoms with Crippen LogP contribution in [0.25, 0.3) is 22.3 Å². The van der Waals surface area contributed by atoms with Gasteiger partial charge in [0.25, 0.3) is 6.71 Å². The molecule has 5 aliphatic carbocycles. The molecule has 2 nitrogen and oxygen atoms in total. The molecule has 0 fully saturated rings. The van der Waals surface area contributed by atoms with Crippen molar-refractivity contribution in [2.75, 3.05) is 9.80 Å². The van der Waals surface area contributed by atoms with Gasteiger partial charge in [-0.1, -0.05) is 228 Å². The van der Waals surface area contributed by atoms with Crippen LogP contribution in [0.1, 0.15) is 239 Å². The summed E-state index contributed by atoms with van der Waals surface area (Å²) in [4.78, 5) is 5.56. The molecule has 0 N–H and O–H groups in total. The van der Waals surface area contributed by atoms with Crippen molar-refractivity contribution in [3.8, 4) is 22.3 Å². The lowest BCUT2D eigenvalue weighted by Gasteiger charge is -2.49. The number of nitrogens with zero attached hydrogens (tertiary/aromatic N) is 2. The first-order valence-corrected chi connectivity index (χ1v) is 34.1. The third-order valence-electron chi connectivity index (χ3n) is 25.3. The van der Waals surface area contributed by atoms with Crippen molar-refractivity contribution < 1.29 is 0 Å². The Hall–Kier alpha value is -7.36. The van der Waals surface area contributed by atoms with Gasteiger partial charge in [0.1, 0.15) is 0 Å². The van der Waals surface area contributed by atoms with E-state index in [9.17, 15) is 0 Å². The molecule has 7 aliphatic rings. The van der Waals surface area contributed by atoms with E-state index in [-0.39, 0.29) is 55.4 Å². The van der Waals surface area contributed by atoms with Gasteiger partial charge in [0.15, 0.2) is 0 Å². The Morgan fingerprint density at radius 1 is 0.278 bits per heavy atom. The number of hydrogen-bond acceptors (Lipinski definition) is 2. The normalized spacial score (nSPS) is 20.6. The van der Waals surface area contributed by atoms with Crippen LogP contribution in [-0.2, 0) is 48.7 Å². The van der Waals surface area contributed by atoms with Crippen LogP contribution in [0.2, 0.25) is 0 Å². The molecule has 0 unspecified atom stereocenters. The molecular formula is C87H93BN2. The molecule has 3 heteroatoms. The third kappa shape index (κ3) is 7.53. The zero-order valence-corrected chi connectivity index (χ0v) is 57.7. The van der Waals surface area contributed by atoms with Gasteiger partial charge in [0, 0.05) is 61.2 Å². The summed E-state index contributed by atoms with van der Waals surface area (Å²) in [7, 11) is 0. The molecule has 9 aromatic carbocycles. The summed E-state index contributed by atoms with van der Waals surface area (Å²) in [6, 6.07) is 62.2. The zero-order chi connectivity index (χ0) is 63.5. The fraction of sp³-hybridized carbons (Fsp3) is 0.379. The summed E-state index contributed by atoms with van der Waals surface area (Å²) >= 11 is 0. The fourth-order valence-corrected chi connectivity index (χ4v) is 19.4. The van der Waals surface area contributed by atoms with Crippen molar-refractivity contribution in [1.82, 2.24) is 0 Å². The summed E-state index contributed by atoms with van der Waals surface area (Å²) in [6.45, 7) is 49.5.